The third-order valence-electron chi connectivity index (χ3n) is 4.85. The van der Waals surface area contributed by atoms with Crippen molar-refractivity contribution >= 4 is 39.1 Å². The largest absolute Gasteiger partial charge is 0.349 e. The molecule has 1 aromatic carbocycles. The van der Waals surface area contributed by atoms with Crippen molar-refractivity contribution in [3.8, 4) is 0 Å². The Hall–Kier alpha value is -2.72. The van der Waals surface area contributed by atoms with E-state index in [1.165, 1.54) is 29.5 Å². The summed E-state index contributed by atoms with van der Waals surface area (Å²) in [5.41, 5.74) is 0.942. The molecule has 3 heterocycles. The number of nitrogens with zero attached hydrogens (tertiary/aromatic N) is 1. The van der Waals surface area contributed by atoms with Crippen molar-refractivity contribution in [2.75, 3.05) is 6.54 Å². The molecule has 10 heteroatoms. The van der Waals surface area contributed by atoms with Crippen LogP contribution in [0.3, 0.4) is 0 Å². The minimum atomic E-state index is -4.04. The maximum absolute atomic E-state index is 12.6. The van der Waals surface area contributed by atoms with Gasteiger partial charge in [-0.25, -0.2) is 12.7 Å². The molecule has 1 saturated heterocycles. The number of amides is 3. The lowest BCUT2D eigenvalue weighted by molar-refractivity contribution is -0.127. The molecular formula is C18H17N3O5S2. The van der Waals surface area contributed by atoms with Crippen LogP contribution in [0.4, 0.5) is 0 Å². The van der Waals surface area contributed by atoms with Gasteiger partial charge in [-0.05, 0) is 40.9 Å². The Kier molecular flexibility index (Phi) is 4.68. The Bertz CT molecular complexity index is 1050. The molecule has 8 nitrogen and oxygen atoms in total. The van der Waals surface area contributed by atoms with Crippen LogP contribution in [-0.2, 0) is 19.6 Å². The molecule has 2 N–H and O–H groups in total. The average molecular weight is 419 g/mol. The van der Waals surface area contributed by atoms with Gasteiger partial charge in [-0.2, -0.15) is 11.3 Å². The standard InChI is InChI=1S/C18H17N3O5S2/c22-15-6-5-13(17(20-15)11-7-8-27-10-11)19-16(23)9-21-18(24)12-3-1-2-4-14(12)28(21,25)26/h1-4,7-8,10,13,17H,5-6,9H2,(H,19,23)(H,20,22)/t13-,17+/m1/s1. The Balaban J connectivity index is 1.50. The zero-order valence-electron chi connectivity index (χ0n) is 14.6. The smallest absolute Gasteiger partial charge is 0.269 e. The van der Waals surface area contributed by atoms with E-state index >= 15 is 0 Å². The summed E-state index contributed by atoms with van der Waals surface area (Å²) in [6, 6.07) is 6.97. The van der Waals surface area contributed by atoms with Crippen molar-refractivity contribution in [2.24, 2.45) is 0 Å². The van der Waals surface area contributed by atoms with Crippen LogP contribution in [0, 0.1) is 0 Å². The van der Waals surface area contributed by atoms with Gasteiger partial charge < -0.3 is 10.6 Å². The quantitative estimate of drug-likeness (QED) is 0.769. The predicted octanol–water partition coefficient (Wildman–Crippen LogP) is 1.03. The van der Waals surface area contributed by atoms with Crippen molar-refractivity contribution < 1.29 is 22.8 Å². The van der Waals surface area contributed by atoms with Gasteiger partial charge in [-0.3, -0.25) is 14.4 Å². The molecule has 0 bridgehead atoms. The second-order valence-electron chi connectivity index (χ2n) is 6.63. The highest BCUT2D eigenvalue weighted by molar-refractivity contribution is 7.90. The van der Waals surface area contributed by atoms with Gasteiger partial charge in [0.1, 0.15) is 11.4 Å². The van der Waals surface area contributed by atoms with E-state index in [2.05, 4.69) is 10.6 Å². The van der Waals surface area contributed by atoms with Crippen LogP contribution >= 0.6 is 11.3 Å². The predicted molar refractivity (Wildman–Crippen MR) is 101 cm³/mol. The van der Waals surface area contributed by atoms with Crippen LogP contribution in [0.5, 0.6) is 0 Å². The second-order valence-corrected chi connectivity index (χ2v) is 9.24. The van der Waals surface area contributed by atoms with Gasteiger partial charge in [-0.1, -0.05) is 12.1 Å². The summed E-state index contributed by atoms with van der Waals surface area (Å²) in [6.45, 7) is -0.601. The third-order valence-corrected chi connectivity index (χ3v) is 7.34. The maximum Gasteiger partial charge on any atom is 0.269 e. The molecular weight excluding hydrogens is 402 g/mol. The Morgan fingerprint density at radius 3 is 2.75 bits per heavy atom. The van der Waals surface area contributed by atoms with E-state index in [4.69, 9.17) is 0 Å². The summed E-state index contributed by atoms with van der Waals surface area (Å²) in [5.74, 6) is -1.40. The molecule has 0 aliphatic carbocycles. The lowest BCUT2D eigenvalue weighted by Gasteiger charge is -2.33. The first-order valence-corrected chi connectivity index (χ1v) is 11.0. The molecule has 1 fully saturated rings. The average Bonchev–Trinajstić information content (AvgIpc) is 3.26. The monoisotopic (exact) mass is 419 g/mol. The van der Waals surface area contributed by atoms with Gasteiger partial charge in [-0.15, -0.1) is 0 Å². The number of sulfonamides is 1. The van der Waals surface area contributed by atoms with Crippen LogP contribution in [0.25, 0.3) is 0 Å². The number of hydrogen-bond donors (Lipinski definition) is 2. The van der Waals surface area contributed by atoms with E-state index in [0.717, 1.165) is 5.56 Å². The molecule has 3 amide bonds. The van der Waals surface area contributed by atoms with E-state index in [-0.39, 0.29) is 34.9 Å². The molecule has 2 aliphatic heterocycles. The molecule has 2 aromatic rings. The SMILES string of the molecule is O=C(CN1C(=O)c2ccccc2S1(=O)=O)N[C@@H]1CCC(=O)N[C@H]1c1ccsc1. The summed E-state index contributed by atoms with van der Waals surface area (Å²) >= 11 is 1.48. The van der Waals surface area contributed by atoms with Crippen molar-refractivity contribution in [3.63, 3.8) is 0 Å². The summed E-state index contributed by atoms with van der Waals surface area (Å²) in [6.07, 6.45) is 0.691. The van der Waals surface area contributed by atoms with E-state index in [1.807, 2.05) is 16.8 Å². The van der Waals surface area contributed by atoms with Gasteiger partial charge in [0.2, 0.25) is 11.8 Å². The molecule has 28 heavy (non-hydrogen) atoms. The summed E-state index contributed by atoms with van der Waals surface area (Å²) in [4.78, 5) is 36.7. The minimum Gasteiger partial charge on any atom is -0.349 e. The normalized spacial score (nSPS) is 23.2. The third kappa shape index (κ3) is 3.18. The topological polar surface area (TPSA) is 113 Å². The number of benzene rings is 1. The second kappa shape index (κ2) is 7.02. The van der Waals surface area contributed by atoms with E-state index in [0.29, 0.717) is 10.7 Å². The number of nitrogens with one attached hydrogen (secondary N) is 2. The first-order chi connectivity index (χ1) is 13.4. The number of thiophene rings is 1. The van der Waals surface area contributed by atoms with Crippen LogP contribution in [0.1, 0.15) is 34.8 Å². The first kappa shape index (κ1) is 18.6. The lowest BCUT2D eigenvalue weighted by Crippen LogP contribution is -2.52. The van der Waals surface area contributed by atoms with Crippen LogP contribution in [0.15, 0.2) is 46.0 Å². The van der Waals surface area contributed by atoms with E-state index in [9.17, 15) is 22.8 Å². The van der Waals surface area contributed by atoms with E-state index < -0.39 is 28.4 Å². The van der Waals surface area contributed by atoms with Crippen molar-refractivity contribution in [1.82, 2.24) is 14.9 Å². The number of carbonyl (C=O) groups excluding carboxylic acids is 3. The Morgan fingerprint density at radius 1 is 1.25 bits per heavy atom. The van der Waals surface area contributed by atoms with Crippen LogP contribution < -0.4 is 10.6 Å². The minimum absolute atomic E-state index is 0.0661. The summed E-state index contributed by atoms with van der Waals surface area (Å²) in [5, 5.41) is 9.41. The van der Waals surface area contributed by atoms with Gasteiger partial charge in [0.15, 0.2) is 0 Å². The van der Waals surface area contributed by atoms with Gasteiger partial charge in [0.05, 0.1) is 17.6 Å². The highest BCUT2D eigenvalue weighted by atomic mass is 32.2. The number of rotatable bonds is 4. The Morgan fingerprint density at radius 2 is 2.04 bits per heavy atom. The molecule has 146 valence electrons. The highest BCUT2D eigenvalue weighted by Crippen LogP contribution is 2.30. The zero-order chi connectivity index (χ0) is 19.9. The fraction of sp³-hybridized carbons (Fsp3) is 0.278. The number of carbonyl (C=O) groups is 3. The summed E-state index contributed by atoms with van der Waals surface area (Å²) < 4.78 is 25.8. The van der Waals surface area contributed by atoms with Crippen molar-refractivity contribution in [1.29, 1.82) is 0 Å². The lowest BCUT2D eigenvalue weighted by atomic mass is 9.93. The Labute approximate surface area is 165 Å². The van der Waals surface area contributed by atoms with Crippen LogP contribution in [0.2, 0.25) is 0 Å². The summed E-state index contributed by atoms with van der Waals surface area (Å²) in [7, 11) is -4.04. The van der Waals surface area contributed by atoms with Crippen LogP contribution in [-0.4, -0.2) is 43.0 Å². The molecule has 1 aromatic heterocycles. The molecule has 0 unspecified atom stereocenters. The molecule has 0 radical (unpaired) electrons. The van der Waals surface area contributed by atoms with E-state index in [1.54, 1.807) is 6.07 Å². The van der Waals surface area contributed by atoms with Gasteiger partial charge in [0.25, 0.3) is 15.9 Å². The number of fused-ring (bicyclic) bond motifs is 1. The fourth-order valence-electron chi connectivity index (χ4n) is 3.49. The number of piperidine rings is 1. The number of hydrogen-bond acceptors (Lipinski definition) is 6. The van der Waals surface area contributed by atoms with Gasteiger partial charge >= 0.3 is 0 Å². The molecule has 0 spiro atoms. The molecule has 2 aliphatic rings. The van der Waals surface area contributed by atoms with Crippen molar-refractivity contribution in [3.05, 3.63) is 52.2 Å². The molecule has 4 rings (SSSR count). The van der Waals surface area contributed by atoms with Gasteiger partial charge in [0, 0.05) is 6.42 Å². The maximum atomic E-state index is 12.6. The zero-order valence-corrected chi connectivity index (χ0v) is 16.3. The fourth-order valence-corrected chi connectivity index (χ4v) is 5.71. The van der Waals surface area contributed by atoms with Crippen molar-refractivity contribution in [2.45, 2.75) is 29.8 Å². The first-order valence-electron chi connectivity index (χ1n) is 8.65. The molecule has 0 saturated carbocycles. The molecule has 2 atom stereocenters. The highest BCUT2D eigenvalue weighted by Gasteiger charge is 2.42.